The van der Waals surface area contributed by atoms with Gasteiger partial charge in [-0.25, -0.2) is 4.98 Å². The number of fused-ring (bicyclic) bond motifs is 2. The highest BCUT2D eigenvalue weighted by atomic mass is 32.2. The molecule has 1 amide bonds. The standard InChI is InChI=1S/C16H16N2OS/c1-10(15(17)19)12-6-7-14-13(9-12)5-4-11-3-2-8-18-16(11)20-14/h2-3,6-10H,4-5H2,1H3,(H2,17,19). The van der Waals surface area contributed by atoms with Gasteiger partial charge in [0, 0.05) is 11.1 Å². The van der Waals surface area contributed by atoms with Crippen LogP contribution in [0.3, 0.4) is 0 Å². The van der Waals surface area contributed by atoms with E-state index < -0.39 is 0 Å². The first-order valence-corrected chi connectivity index (χ1v) is 7.50. The van der Waals surface area contributed by atoms with E-state index in [0.717, 1.165) is 23.4 Å². The molecule has 3 rings (SSSR count). The zero-order valence-corrected chi connectivity index (χ0v) is 12.1. The Morgan fingerprint density at radius 1 is 1.30 bits per heavy atom. The van der Waals surface area contributed by atoms with Gasteiger partial charge >= 0.3 is 0 Å². The number of amides is 1. The van der Waals surface area contributed by atoms with Crippen molar-refractivity contribution in [1.29, 1.82) is 0 Å². The maximum atomic E-state index is 11.3. The number of carbonyl (C=O) groups excluding carboxylic acids is 1. The predicted molar refractivity (Wildman–Crippen MR) is 79.8 cm³/mol. The van der Waals surface area contributed by atoms with Crippen molar-refractivity contribution in [2.75, 3.05) is 0 Å². The van der Waals surface area contributed by atoms with Gasteiger partial charge in [-0.3, -0.25) is 4.79 Å². The molecule has 0 radical (unpaired) electrons. The fraction of sp³-hybridized carbons (Fsp3) is 0.250. The maximum absolute atomic E-state index is 11.3. The lowest BCUT2D eigenvalue weighted by Gasteiger charge is -2.11. The molecule has 102 valence electrons. The molecule has 1 atom stereocenters. The molecule has 0 saturated heterocycles. The Morgan fingerprint density at radius 2 is 2.10 bits per heavy atom. The van der Waals surface area contributed by atoms with Gasteiger partial charge in [-0.1, -0.05) is 30.0 Å². The van der Waals surface area contributed by atoms with Gasteiger partial charge in [-0.05, 0) is 48.6 Å². The molecule has 0 aliphatic carbocycles. The molecule has 3 nitrogen and oxygen atoms in total. The number of nitrogens with zero attached hydrogens (tertiary/aromatic N) is 1. The number of carbonyl (C=O) groups is 1. The van der Waals surface area contributed by atoms with Crippen LogP contribution in [0.15, 0.2) is 46.5 Å². The monoisotopic (exact) mass is 284 g/mol. The number of pyridine rings is 1. The number of hydrogen-bond donors (Lipinski definition) is 1. The van der Waals surface area contributed by atoms with E-state index in [1.165, 1.54) is 16.0 Å². The molecule has 1 aromatic heterocycles. The van der Waals surface area contributed by atoms with E-state index >= 15 is 0 Å². The van der Waals surface area contributed by atoms with E-state index in [2.05, 4.69) is 23.2 Å². The molecule has 0 bridgehead atoms. The minimum atomic E-state index is -0.281. The van der Waals surface area contributed by atoms with E-state index in [1.807, 2.05) is 25.3 Å². The largest absolute Gasteiger partial charge is 0.369 e. The highest BCUT2D eigenvalue weighted by Crippen LogP contribution is 2.36. The van der Waals surface area contributed by atoms with Crippen LogP contribution in [-0.4, -0.2) is 10.9 Å². The third-order valence-corrected chi connectivity index (χ3v) is 4.91. The fourth-order valence-electron chi connectivity index (χ4n) is 2.41. The summed E-state index contributed by atoms with van der Waals surface area (Å²) in [6, 6.07) is 10.3. The molecule has 1 aromatic carbocycles. The quantitative estimate of drug-likeness (QED) is 0.922. The number of nitrogens with two attached hydrogens (primary N) is 1. The van der Waals surface area contributed by atoms with Crippen molar-refractivity contribution < 1.29 is 4.79 Å². The predicted octanol–water partition coefficient (Wildman–Crippen LogP) is 2.92. The van der Waals surface area contributed by atoms with Gasteiger partial charge in [0.2, 0.25) is 5.91 Å². The summed E-state index contributed by atoms with van der Waals surface area (Å²) in [7, 11) is 0. The summed E-state index contributed by atoms with van der Waals surface area (Å²) in [6.45, 7) is 1.85. The number of benzene rings is 1. The normalized spacial score (nSPS) is 14.8. The minimum absolute atomic E-state index is 0.242. The second kappa shape index (κ2) is 5.29. The molecule has 2 heterocycles. The fourth-order valence-corrected chi connectivity index (χ4v) is 3.46. The van der Waals surface area contributed by atoms with Crippen molar-refractivity contribution in [3.63, 3.8) is 0 Å². The van der Waals surface area contributed by atoms with Crippen molar-refractivity contribution in [2.45, 2.75) is 35.6 Å². The average molecular weight is 284 g/mol. The summed E-state index contributed by atoms with van der Waals surface area (Å²) in [4.78, 5) is 17.0. The van der Waals surface area contributed by atoms with Crippen LogP contribution >= 0.6 is 11.8 Å². The smallest absolute Gasteiger partial charge is 0.224 e. The van der Waals surface area contributed by atoms with Crippen LogP contribution in [0.25, 0.3) is 0 Å². The number of primary amides is 1. The third kappa shape index (κ3) is 2.43. The SMILES string of the molecule is CC(C(N)=O)c1ccc2c(c1)CCc1cccnc1S2. The van der Waals surface area contributed by atoms with Crippen LogP contribution in [0, 0.1) is 0 Å². The molecule has 2 aromatic rings. The highest BCUT2D eigenvalue weighted by molar-refractivity contribution is 7.99. The lowest BCUT2D eigenvalue weighted by molar-refractivity contribution is -0.119. The molecule has 1 unspecified atom stereocenters. The molecule has 0 fully saturated rings. The van der Waals surface area contributed by atoms with Gasteiger partial charge in [0.05, 0.1) is 5.92 Å². The van der Waals surface area contributed by atoms with Crippen LogP contribution in [0.1, 0.15) is 29.5 Å². The highest BCUT2D eigenvalue weighted by Gasteiger charge is 2.18. The zero-order chi connectivity index (χ0) is 14.1. The number of aromatic nitrogens is 1. The Bertz CT molecular complexity index is 669. The first-order valence-electron chi connectivity index (χ1n) is 6.69. The van der Waals surface area contributed by atoms with Crippen molar-refractivity contribution in [1.82, 2.24) is 4.98 Å². The lowest BCUT2D eigenvalue weighted by Crippen LogP contribution is -2.18. The van der Waals surface area contributed by atoms with E-state index in [4.69, 9.17) is 5.73 Å². The van der Waals surface area contributed by atoms with Gasteiger partial charge < -0.3 is 5.73 Å². The molecule has 2 N–H and O–H groups in total. The van der Waals surface area contributed by atoms with E-state index in [1.54, 1.807) is 11.8 Å². The van der Waals surface area contributed by atoms with Gasteiger partial charge in [0.25, 0.3) is 0 Å². The van der Waals surface area contributed by atoms with Crippen LogP contribution in [0.2, 0.25) is 0 Å². The number of aryl methyl sites for hydroxylation is 2. The third-order valence-electron chi connectivity index (χ3n) is 3.73. The summed E-state index contributed by atoms with van der Waals surface area (Å²) < 4.78 is 0. The summed E-state index contributed by atoms with van der Waals surface area (Å²) in [6.07, 6.45) is 3.79. The summed E-state index contributed by atoms with van der Waals surface area (Å²) in [5, 5.41) is 1.09. The van der Waals surface area contributed by atoms with E-state index in [9.17, 15) is 4.79 Å². The average Bonchev–Trinajstić information content (AvgIpc) is 2.64. The molecule has 1 aliphatic rings. The zero-order valence-electron chi connectivity index (χ0n) is 11.3. The minimum Gasteiger partial charge on any atom is -0.369 e. The second-order valence-electron chi connectivity index (χ2n) is 5.06. The van der Waals surface area contributed by atoms with Gasteiger partial charge in [0.1, 0.15) is 5.03 Å². The second-order valence-corrected chi connectivity index (χ2v) is 6.09. The van der Waals surface area contributed by atoms with Crippen molar-refractivity contribution >= 4 is 17.7 Å². The first-order chi connectivity index (χ1) is 9.65. The van der Waals surface area contributed by atoms with Crippen molar-refractivity contribution in [3.05, 3.63) is 53.2 Å². The van der Waals surface area contributed by atoms with Crippen molar-refractivity contribution in [2.24, 2.45) is 5.73 Å². The van der Waals surface area contributed by atoms with Crippen LogP contribution in [0.4, 0.5) is 0 Å². The lowest BCUT2D eigenvalue weighted by atomic mass is 9.96. The summed E-state index contributed by atoms with van der Waals surface area (Å²) in [5.41, 5.74) is 8.95. The Hall–Kier alpha value is -1.81. The molecule has 0 spiro atoms. The van der Waals surface area contributed by atoms with Crippen LogP contribution in [0.5, 0.6) is 0 Å². The van der Waals surface area contributed by atoms with Crippen LogP contribution < -0.4 is 5.73 Å². The van der Waals surface area contributed by atoms with Gasteiger partial charge in [-0.15, -0.1) is 0 Å². The van der Waals surface area contributed by atoms with E-state index in [-0.39, 0.29) is 11.8 Å². The topological polar surface area (TPSA) is 56.0 Å². The Balaban J connectivity index is 1.97. The molecule has 1 aliphatic heterocycles. The van der Waals surface area contributed by atoms with Gasteiger partial charge in [-0.2, -0.15) is 0 Å². The molecule has 0 saturated carbocycles. The molecular formula is C16H16N2OS. The molecular weight excluding hydrogens is 268 g/mol. The molecule has 20 heavy (non-hydrogen) atoms. The van der Waals surface area contributed by atoms with E-state index in [0.29, 0.717) is 0 Å². The number of rotatable bonds is 2. The Morgan fingerprint density at radius 3 is 2.90 bits per heavy atom. The first kappa shape index (κ1) is 13.2. The number of hydrogen-bond acceptors (Lipinski definition) is 3. The molecule has 4 heteroatoms. The maximum Gasteiger partial charge on any atom is 0.224 e. The van der Waals surface area contributed by atoms with Crippen molar-refractivity contribution in [3.8, 4) is 0 Å². The summed E-state index contributed by atoms with van der Waals surface area (Å²) in [5.74, 6) is -0.523. The summed E-state index contributed by atoms with van der Waals surface area (Å²) >= 11 is 1.70. The Labute approximate surface area is 122 Å². The van der Waals surface area contributed by atoms with Gasteiger partial charge in [0.15, 0.2) is 0 Å². The Kier molecular flexibility index (Phi) is 3.49. The van der Waals surface area contributed by atoms with Crippen LogP contribution in [-0.2, 0) is 17.6 Å².